The number of ether oxygens (including phenoxy) is 1. The van der Waals surface area contributed by atoms with Crippen LogP contribution in [0.25, 0.3) is 0 Å². The molecule has 0 aliphatic rings. The fraction of sp³-hybridized carbons (Fsp3) is 0.417. The van der Waals surface area contributed by atoms with Crippen molar-refractivity contribution in [3.8, 4) is 5.75 Å². The van der Waals surface area contributed by atoms with Crippen molar-refractivity contribution in [3.05, 3.63) is 29.8 Å². The molecule has 2 N–H and O–H groups in total. The van der Waals surface area contributed by atoms with Crippen molar-refractivity contribution in [2.45, 2.75) is 18.9 Å². The summed E-state index contributed by atoms with van der Waals surface area (Å²) in [5.74, 6) is -2.62. The average Bonchev–Trinajstić information content (AvgIpc) is 2.31. The number of likely N-dealkylation sites (N-methyl/N-ethyl adjacent to an activating group) is 1. The van der Waals surface area contributed by atoms with Gasteiger partial charge in [0.25, 0.3) is 0 Å². The van der Waals surface area contributed by atoms with Gasteiger partial charge in [0.15, 0.2) is 11.6 Å². The van der Waals surface area contributed by atoms with Gasteiger partial charge in [-0.05, 0) is 26.1 Å². The third-order valence-corrected chi connectivity index (χ3v) is 2.78. The number of hydrogen-bond donors (Lipinski definition) is 2. The first kappa shape index (κ1) is 14.4. The molecule has 0 aliphatic heterocycles. The summed E-state index contributed by atoms with van der Waals surface area (Å²) >= 11 is 0. The molecule has 1 unspecified atom stereocenters. The van der Waals surface area contributed by atoms with E-state index in [-0.39, 0.29) is 18.8 Å². The molecule has 1 rings (SSSR count). The van der Waals surface area contributed by atoms with Gasteiger partial charge in [0, 0.05) is 12.5 Å². The highest BCUT2D eigenvalue weighted by atomic mass is 19.1. The lowest BCUT2D eigenvalue weighted by molar-refractivity contribution is -0.144. The Bertz CT molecular complexity index is 439. The molecule has 0 bridgehead atoms. The van der Waals surface area contributed by atoms with Crippen LogP contribution in [-0.4, -0.2) is 30.3 Å². The van der Waals surface area contributed by atoms with E-state index in [1.165, 1.54) is 20.0 Å². The van der Waals surface area contributed by atoms with Crippen LogP contribution in [0, 0.1) is 11.6 Å². The van der Waals surface area contributed by atoms with Crippen molar-refractivity contribution >= 4 is 5.97 Å². The molecule has 0 amide bonds. The van der Waals surface area contributed by atoms with Crippen LogP contribution in [0.1, 0.15) is 13.3 Å². The lowest BCUT2D eigenvalue weighted by Crippen LogP contribution is -2.48. The molecule has 0 saturated heterocycles. The van der Waals surface area contributed by atoms with Gasteiger partial charge in [-0.15, -0.1) is 0 Å². The number of carbonyl (C=O) groups is 1. The summed E-state index contributed by atoms with van der Waals surface area (Å²) in [7, 11) is 1.52. The molecule has 18 heavy (non-hydrogen) atoms. The van der Waals surface area contributed by atoms with E-state index in [2.05, 4.69) is 5.32 Å². The number of carboxylic acids is 1. The Morgan fingerprint density at radius 3 is 2.67 bits per heavy atom. The minimum absolute atomic E-state index is 0.00614. The fourth-order valence-corrected chi connectivity index (χ4v) is 1.30. The van der Waals surface area contributed by atoms with Crippen LogP contribution in [-0.2, 0) is 4.79 Å². The van der Waals surface area contributed by atoms with Crippen LogP contribution in [0.2, 0.25) is 0 Å². The van der Waals surface area contributed by atoms with Crippen molar-refractivity contribution in [2.24, 2.45) is 0 Å². The van der Waals surface area contributed by atoms with Gasteiger partial charge in [0.2, 0.25) is 0 Å². The monoisotopic (exact) mass is 259 g/mol. The van der Waals surface area contributed by atoms with Crippen molar-refractivity contribution in [3.63, 3.8) is 0 Å². The minimum atomic E-state index is -1.14. The number of carboxylic acid groups (broad SMARTS) is 1. The molecular weight excluding hydrogens is 244 g/mol. The third-order valence-electron chi connectivity index (χ3n) is 2.78. The lowest BCUT2D eigenvalue weighted by Gasteiger charge is -2.23. The van der Waals surface area contributed by atoms with E-state index in [1.54, 1.807) is 0 Å². The summed E-state index contributed by atoms with van der Waals surface area (Å²) in [6, 6.07) is 2.96. The Labute approximate surface area is 104 Å². The molecule has 0 fully saturated rings. The topological polar surface area (TPSA) is 58.6 Å². The molecular formula is C12H15F2NO3. The van der Waals surface area contributed by atoms with Crippen LogP contribution in [0.4, 0.5) is 8.78 Å². The maximum atomic E-state index is 13.2. The van der Waals surface area contributed by atoms with E-state index >= 15 is 0 Å². The Morgan fingerprint density at radius 1 is 1.50 bits per heavy atom. The van der Waals surface area contributed by atoms with Gasteiger partial charge in [-0.3, -0.25) is 4.79 Å². The second kappa shape index (κ2) is 5.77. The first-order valence-corrected chi connectivity index (χ1v) is 5.39. The maximum Gasteiger partial charge on any atom is 0.323 e. The number of rotatable bonds is 6. The summed E-state index contributed by atoms with van der Waals surface area (Å²) in [6.07, 6.45) is 0.148. The van der Waals surface area contributed by atoms with E-state index in [0.717, 1.165) is 6.07 Å². The molecule has 0 heterocycles. The second-order valence-corrected chi connectivity index (χ2v) is 4.06. The summed E-state index contributed by atoms with van der Waals surface area (Å²) in [6.45, 7) is 1.51. The fourth-order valence-electron chi connectivity index (χ4n) is 1.30. The van der Waals surface area contributed by atoms with Crippen LogP contribution in [0.5, 0.6) is 5.75 Å². The molecule has 0 radical (unpaired) electrons. The third kappa shape index (κ3) is 3.40. The maximum absolute atomic E-state index is 13.2. The van der Waals surface area contributed by atoms with Gasteiger partial charge < -0.3 is 15.2 Å². The predicted octanol–water partition coefficient (Wildman–Crippen LogP) is 1.80. The van der Waals surface area contributed by atoms with Gasteiger partial charge in [-0.25, -0.2) is 8.78 Å². The normalized spacial score (nSPS) is 14.0. The number of nitrogens with one attached hydrogen (secondary N) is 1. The number of aliphatic carboxylic acids is 1. The molecule has 0 spiro atoms. The highest BCUT2D eigenvalue weighted by Gasteiger charge is 2.30. The number of hydrogen-bond acceptors (Lipinski definition) is 3. The first-order chi connectivity index (χ1) is 8.39. The van der Waals surface area contributed by atoms with Crippen LogP contribution in [0.3, 0.4) is 0 Å². The number of halogens is 2. The Balaban J connectivity index is 2.58. The summed E-state index contributed by atoms with van der Waals surface area (Å²) in [5.41, 5.74) is -1.14. The van der Waals surface area contributed by atoms with Crippen molar-refractivity contribution in [2.75, 3.05) is 13.7 Å². The van der Waals surface area contributed by atoms with E-state index < -0.39 is 23.1 Å². The minimum Gasteiger partial charge on any atom is -0.490 e. The molecule has 1 aromatic rings. The van der Waals surface area contributed by atoms with Gasteiger partial charge in [-0.2, -0.15) is 0 Å². The zero-order valence-electron chi connectivity index (χ0n) is 10.2. The van der Waals surface area contributed by atoms with Crippen molar-refractivity contribution in [1.82, 2.24) is 5.32 Å². The highest BCUT2D eigenvalue weighted by Crippen LogP contribution is 2.19. The summed E-state index contributed by atoms with van der Waals surface area (Å²) in [4.78, 5) is 11.0. The molecule has 0 aromatic heterocycles. The molecule has 6 heteroatoms. The van der Waals surface area contributed by atoms with Crippen LogP contribution in [0.15, 0.2) is 18.2 Å². The average molecular weight is 259 g/mol. The van der Waals surface area contributed by atoms with Crippen molar-refractivity contribution in [1.29, 1.82) is 0 Å². The van der Waals surface area contributed by atoms with Crippen LogP contribution >= 0.6 is 0 Å². The number of benzene rings is 1. The summed E-state index contributed by atoms with van der Waals surface area (Å²) < 4.78 is 30.9. The molecule has 0 saturated carbocycles. The van der Waals surface area contributed by atoms with Gasteiger partial charge in [-0.1, -0.05) is 0 Å². The largest absolute Gasteiger partial charge is 0.490 e. The van der Waals surface area contributed by atoms with E-state index in [4.69, 9.17) is 9.84 Å². The predicted molar refractivity (Wildman–Crippen MR) is 61.6 cm³/mol. The van der Waals surface area contributed by atoms with E-state index in [9.17, 15) is 13.6 Å². The molecule has 4 nitrogen and oxygen atoms in total. The smallest absolute Gasteiger partial charge is 0.323 e. The van der Waals surface area contributed by atoms with Crippen molar-refractivity contribution < 1.29 is 23.4 Å². The van der Waals surface area contributed by atoms with Gasteiger partial charge in [0.1, 0.15) is 11.4 Å². The Hall–Kier alpha value is -1.69. The van der Waals surface area contributed by atoms with E-state index in [0.29, 0.717) is 6.07 Å². The lowest BCUT2D eigenvalue weighted by atomic mass is 9.99. The van der Waals surface area contributed by atoms with Gasteiger partial charge in [0.05, 0.1) is 6.61 Å². The standard InChI is InChI=1S/C12H15F2NO3/c1-12(15-2,11(16)17)5-6-18-10-4-3-8(13)7-9(10)14/h3-4,7,15H,5-6H2,1-2H3,(H,16,17). The summed E-state index contributed by atoms with van der Waals surface area (Å²) in [5, 5.41) is 11.6. The second-order valence-electron chi connectivity index (χ2n) is 4.06. The Kier molecular flexibility index (Phi) is 4.61. The zero-order chi connectivity index (χ0) is 13.8. The zero-order valence-corrected chi connectivity index (χ0v) is 10.2. The quantitative estimate of drug-likeness (QED) is 0.817. The van der Waals surface area contributed by atoms with Gasteiger partial charge >= 0.3 is 5.97 Å². The molecule has 100 valence electrons. The first-order valence-electron chi connectivity index (χ1n) is 5.39. The molecule has 0 aliphatic carbocycles. The Morgan fingerprint density at radius 2 is 2.17 bits per heavy atom. The van der Waals surface area contributed by atoms with Crippen LogP contribution < -0.4 is 10.1 Å². The molecule has 1 aromatic carbocycles. The molecule has 1 atom stereocenters. The highest BCUT2D eigenvalue weighted by molar-refractivity contribution is 5.78. The van der Waals surface area contributed by atoms with E-state index in [1.807, 2.05) is 0 Å². The SMILES string of the molecule is CNC(C)(CCOc1ccc(F)cc1F)C(=O)O.